The van der Waals surface area contributed by atoms with Crippen LogP contribution in [0.2, 0.25) is 18.1 Å². The van der Waals surface area contributed by atoms with Gasteiger partial charge in [-0.3, -0.25) is 0 Å². The maximum Gasteiger partial charge on any atom is 0.248 e. The average Bonchev–Trinajstić information content (AvgIpc) is 1.81. The zero-order valence-electron chi connectivity index (χ0n) is 6.13. The molecule has 5 heteroatoms. The quantitative estimate of drug-likeness (QED) is 0.514. The zero-order valence-corrected chi connectivity index (χ0v) is 10.4. The molecular weight excluding hydrogens is 223 g/mol. The number of halogens is 3. The van der Waals surface area contributed by atoms with Crippen molar-refractivity contribution < 1.29 is 0 Å². The highest BCUT2D eigenvalue weighted by molar-refractivity contribution is 7.44. The Morgan fingerprint density at radius 1 is 1.50 bits per heavy atom. The van der Waals surface area contributed by atoms with Gasteiger partial charge in [0.2, 0.25) is 6.69 Å². The fourth-order valence-corrected chi connectivity index (χ4v) is 2.99. The van der Waals surface area contributed by atoms with Crippen LogP contribution in [0.3, 0.4) is 0 Å². The van der Waals surface area contributed by atoms with Gasteiger partial charge >= 0.3 is 0 Å². The summed E-state index contributed by atoms with van der Waals surface area (Å²) in [5, 5.41) is 0. The molecule has 0 aliphatic rings. The Morgan fingerprint density at radius 3 is 2.30 bits per heavy atom. The molecule has 10 heavy (non-hydrogen) atoms. The minimum absolute atomic E-state index is 0.495. The van der Waals surface area contributed by atoms with Crippen LogP contribution in [0.1, 0.15) is 13.3 Å². The summed E-state index contributed by atoms with van der Waals surface area (Å²) in [7, 11) is 0.495. The van der Waals surface area contributed by atoms with Crippen LogP contribution in [0, 0.1) is 0 Å². The summed E-state index contributed by atoms with van der Waals surface area (Å²) in [5.74, 6) is 0. The predicted molar refractivity (Wildman–Crippen MR) is 53.8 cm³/mol. The molecule has 60 valence electrons. The molecule has 0 aromatic rings. The summed E-state index contributed by atoms with van der Waals surface area (Å²) in [5.41, 5.74) is 0.575. The fourth-order valence-electron chi connectivity index (χ4n) is 0.525. The van der Waals surface area contributed by atoms with E-state index in [4.69, 9.17) is 33.2 Å². The Balaban J connectivity index is 3.36. The molecule has 0 bridgehead atoms. The van der Waals surface area contributed by atoms with Gasteiger partial charge in [-0.1, -0.05) is 13.3 Å². The molecule has 2 radical (unpaired) electrons. The van der Waals surface area contributed by atoms with E-state index in [1.54, 1.807) is 0 Å². The Bertz CT molecular complexity index is 91.4. The van der Waals surface area contributed by atoms with Gasteiger partial charge in [0.25, 0.3) is 0 Å². The third-order valence-electron chi connectivity index (χ3n) is 1.20. The predicted octanol–water partition coefficient (Wildman–Crippen LogP) is 3.59. The summed E-state index contributed by atoms with van der Waals surface area (Å²) in [6.45, 7) is 2.22. The second kappa shape index (κ2) is 5.04. The Labute approximate surface area is 80.2 Å². The van der Waals surface area contributed by atoms with Crippen molar-refractivity contribution in [2.75, 3.05) is 0 Å². The summed E-state index contributed by atoms with van der Waals surface area (Å²) >= 11 is 17.4. The van der Waals surface area contributed by atoms with Crippen LogP contribution in [-0.4, -0.2) is 15.5 Å². The van der Waals surface area contributed by atoms with Crippen molar-refractivity contribution >= 4 is 48.8 Å². The van der Waals surface area contributed by atoms with Gasteiger partial charge in [0.05, 0.1) is 0 Å². The zero-order chi connectivity index (χ0) is 8.20. The second-order valence-electron chi connectivity index (χ2n) is 2.62. The standard InChI is InChI=1S/C5H11Cl3Si2/c1-5(9-6)3-4-10(2,7)8/h5H,3-4H2,1-2H3. The van der Waals surface area contributed by atoms with E-state index in [0.717, 1.165) is 12.5 Å². The molecule has 0 rings (SSSR count). The van der Waals surface area contributed by atoms with Gasteiger partial charge in [-0.2, -0.15) is 11.1 Å². The summed E-state index contributed by atoms with van der Waals surface area (Å²) in [6.07, 6.45) is 1.07. The number of hydrogen-bond acceptors (Lipinski definition) is 0. The lowest BCUT2D eigenvalue weighted by atomic mass is 10.4. The number of rotatable bonds is 4. The van der Waals surface area contributed by atoms with E-state index < -0.39 is 6.69 Å². The first-order chi connectivity index (χ1) is 4.45. The highest BCUT2D eigenvalue weighted by atomic mass is 35.7. The monoisotopic (exact) mass is 232 g/mol. The molecule has 0 nitrogen and oxygen atoms in total. The van der Waals surface area contributed by atoms with Gasteiger partial charge < -0.3 is 0 Å². The maximum absolute atomic E-state index is 5.90. The average molecular weight is 234 g/mol. The third-order valence-corrected chi connectivity index (χ3v) is 5.28. The minimum atomic E-state index is -1.85. The Hall–Kier alpha value is 1.30. The van der Waals surface area contributed by atoms with Gasteiger partial charge in [0.15, 0.2) is 8.83 Å². The molecule has 0 spiro atoms. The van der Waals surface area contributed by atoms with E-state index in [-0.39, 0.29) is 0 Å². The number of hydrogen-bond donors (Lipinski definition) is 0. The van der Waals surface area contributed by atoms with E-state index in [1.807, 2.05) is 6.55 Å². The van der Waals surface area contributed by atoms with Gasteiger partial charge in [-0.05, 0) is 18.1 Å². The van der Waals surface area contributed by atoms with E-state index in [1.165, 1.54) is 0 Å². The normalized spacial score (nSPS) is 15.3. The van der Waals surface area contributed by atoms with Gasteiger partial charge in [0.1, 0.15) is 0 Å². The lowest BCUT2D eigenvalue weighted by molar-refractivity contribution is 0.868. The van der Waals surface area contributed by atoms with E-state index >= 15 is 0 Å². The summed E-state index contributed by atoms with van der Waals surface area (Å²) in [4.78, 5) is 0. The van der Waals surface area contributed by atoms with E-state index in [9.17, 15) is 0 Å². The molecule has 0 aromatic heterocycles. The third kappa shape index (κ3) is 7.41. The lowest BCUT2D eigenvalue weighted by Crippen LogP contribution is -2.13. The highest BCUT2D eigenvalue weighted by Crippen LogP contribution is 2.25. The Morgan fingerprint density at radius 2 is 2.00 bits per heavy atom. The van der Waals surface area contributed by atoms with Gasteiger partial charge in [-0.25, -0.2) is 0 Å². The van der Waals surface area contributed by atoms with Crippen LogP contribution in [0.4, 0.5) is 0 Å². The van der Waals surface area contributed by atoms with Crippen LogP contribution >= 0.6 is 33.2 Å². The van der Waals surface area contributed by atoms with E-state index in [0.29, 0.717) is 14.4 Å². The van der Waals surface area contributed by atoms with Crippen molar-refractivity contribution in [1.82, 2.24) is 0 Å². The van der Waals surface area contributed by atoms with Crippen molar-refractivity contribution in [2.24, 2.45) is 0 Å². The van der Waals surface area contributed by atoms with Crippen molar-refractivity contribution in [3.63, 3.8) is 0 Å². The van der Waals surface area contributed by atoms with Gasteiger partial charge in [-0.15, -0.1) is 22.2 Å². The molecule has 0 aromatic carbocycles. The van der Waals surface area contributed by atoms with Crippen molar-refractivity contribution in [3.05, 3.63) is 0 Å². The summed E-state index contributed by atoms with van der Waals surface area (Å²) < 4.78 is 0. The molecule has 0 heterocycles. The highest BCUT2D eigenvalue weighted by Gasteiger charge is 2.21. The smallest absolute Gasteiger partial charge is 0.171 e. The Kier molecular flexibility index (Phi) is 5.70. The molecule has 0 saturated carbocycles. The molecule has 0 amide bonds. The van der Waals surface area contributed by atoms with Crippen LogP contribution in [0.15, 0.2) is 0 Å². The van der Waals surface area contributed by atoms with Crippen LogP contribution < -0.4 is 0 Å². The largest absolute Gasteiger partial charge is 0.248 e. The molecule has 1 unspecified atom stereocenters. The first-order valence-corrected chi connectivity index (χ1v) is 10.0. The molecular formula is C5H11Cl3Si2. The molecule has 0 N–H and O–H groups in total. The topological polar surface area (TPSA) is 0 Å². The fraction of sp³-hybridized carbons (Fsp3) is 1.00. The molecule has 0 aliphatic carbocycles. The first kappa shape index (κ1) is 11.3. The molecule has 0 aliphatic heterocycles. The van der Waals surface area contributed by atoms with Crippen LogP contribution in [0.25, 0.3) is 0 Å². The van der Waals surface area contributed by atoms with E-state index in [2.05, 4.69) is 6.92 Å². The molecule has 0 fully saturated rings. The van der Waals surface area contributed by atoms with Crippen LogP contribution in [-0.2, 0) is 0 Å². The van der Waals surface area contributed by atoms with Crippen molar-refractivity contribution in [3.8, 4) is 0 Å². The van der Waals surface area contributed by atoms with Gasteiger partial charge in [0, 0.05) is 0 Å². The SMILES string of the molecule is CC(CC[Si](C)(Cl)Cl)[Si]Cl. The molecule has 1 atom stereocenters. The van der Waals surface area contributed by atoms with Crippen molar-refractivity contribution in [2.45, 2.75) is 31.5 Å². The summed E-state index contributed by atoms with van der Waals surface area (Å²) in [6, 6.07) is 0.955. The second-order valence-corrected chi connectivity index (χ2v) is 12.7. The maximum atomic E-state index is 5.90. The lowest BCUT2D eigenvalue weighted by Gasteiger charge is -2.11. The minimum Gasteiger partial charge on any atom is -0.171 e. The first-order valence-electron chi connectivity index (χ1n) is 3.19. The van der Waals surface area contributed by atoms with Crippen molar-refractivity contribution in [1.29, 1.82) is 0 Å². The molecule has 0 saturated heterocycles. The van der Waals surface area contributed by atoms with Crippen LogP contribution in [0.5, 0.6) is 0 Å².